The van der Waals surface area contributed by atoms with Crippen LogP contribution in [0.4, 0.5) is 0 Å². The zero-order valence-electron chi connectivity index (χ0n) is 14.2. The summed E-state index contributed by atoms with van der Waals surface area (Å²) in [5.41, 5.74) is 2.03. The fraction of sp³-hybridized carbons (Fsp3) is 0.316. The van der Waals surface area contributed by atoms with Gasteiger partial charge in [-0.25, -0.2) is 9.97 Å². The van der Waals surface area contributed by atoms with Gasteiger partial charge in [0.1, 0.15) is 15.7 Å². The number of benzene rings is 1. The molecule has 0 N–H and O–H groups in total. The monoisotopic (exact) mass is 384 g/mol. The number of carbonyl (C=O) groups is 1. The normalized spacial score (nSPS) is 14.8. The summed E-state index contributed by atoms with van der Waals surface area (Å²) in [6.07, 6.45) is 3.42. The molecule has 0 saturated heterocycles. The average molecular weight is 384 g/mol. The number of thiophene rings is 1. The van der Waals surface area contributed by atoms with Crippen molar-refractivity contribution in [3.05, 3.63) is 40.0 Å². The van der Waals surface area contributed by atoms with Crippen molar-refractivity contribution in [1.82, 2.24) is 9.97 Å². The summed E-state index contributed by atoms with van der Waals surface area (Å²) in [5, 5.41) is 2.09. The standard InChI is InChI=1S/C19H16N2O3S2/c1-10-20-18(17-12-3-2-4-16(12)26-19(17)21-10)25-8-13(22)11-5-6-14-15(7-11)24-9-23-14/h5-7H,2-4,8-9H2,1H3. The number of hydrogen-bond acceptors (Lipinski definition) is 7. The molecule has 3 aromatic rings. The summed E-state index contributed by atoms with van der Waals surface area (Å²) in [6, 6.07) is 5.34. The molecule has 1 aromatic carbocycles. The first-order chi connectivity index (χ1) is 12.7. The van der Waals surface area contributed by atoms with Crippen LogP contribution in [-0.4, -0.2) is 28.3 Å². The molecule has 0 bridgehead atoms. The van der Waals surface area contributed by atoms with Crippen LogP contribution in [0, 0.1) is 6.92 Å². The summed E-state index contributed by atoms with van der Waals surface area (Å²) in [4.78, 5) is 24.4. The number of aryl methyl sites for hydroxylation is 3. The SMILES string of the molecule is Cc1nc(SCC(=O)c2ccc3c(c2)OCO3)c2c3c(sc2n1)CCC3. The van der Waals surface area contributed by atoms with E-state index in [2.05, 4.69) is 9.97 Å². The Morgan fingerprint density at radius 2 is 2.12 bits per heavy atom. The number of nitrogens with zero attached hydrogens (tertiary/aromatic N) is 2. The minimum absolute atomic E-state index is 0.0598. The molecule has 0 fully saturated rings. The summed E-state index contributed by atoms with van der Waals surface area (Å²) in [5.74, 6) is 2.49. The van der Waals surface area contributed by atoms with Gasteiger partial charge in [-0.05, 0) is 49.9 Å². The number of hydrogen-bond donors (Lipinski definition) is 0. The lowest BCUT2D eigenvalue weighted by Crippen LogP contribution is -2.03. The first-order valence-electron chi connectivity index (χ1n) is 8.53. The van der Waals surface area contributed by atoms with Crippen LogP contribution in [0.3, 0.4) is 0 Å². The van der Waals surface area contributed by atoms with Gasteiger partial charge in [-0.2, -0.15) is 0 Å². The number of ether oxygens (including phenoxy) is 2. The number of fused-ring (bicyclic) bond motifs is 4. The van der Waals surface area contributed by atoms with Crippen LogP contribution in [0.25, 0.3) is 10.2 Å². The first kappa shape index (κ1) is 16.1. The van der Waals surface area contributed by atoms with Gasteiger partial charge >= 0.3 is 0 Å². The molecular weight excluding hydrogens is 368 g/mol. The summed E-state index contributed by atoms with van der Waals surface area (Å²) in [6.45, 7) is 2.12. The third kappa shape index (κ3) is 2.66. The third-order valence-corrected chi connectivity index (χ3v) is 6.84. The lowest BCUT2D eigenvalue weighted by molar-refractivity contribution is 0.102. The van der Waals surface area contributed by atoms with E-state index in [0.717, 1.165) is 33.9 Å². The number of ketones is 1. The Morgan fingerprint density at radius 1 is 1.23 bits per heavy atom. The van der Waals surface area contributed by atoms with E-state index in [0.29, 0.717) is 22.8 Å². The Hall–Kier alpha value is -2.12. The zero-order valence-corrected chi connectivity index (χ0v) is 15.8. The second-order valence-electron chi connectivity index (χ2n) is 6.39. The van der Waals surface area contributed by atoms with Gasteiger partial charge < -0.3 is 9.47 Å². The van der Waals surface area contributed by atoms with Gasteiger partial charge in [-0.15, -0.1) is 11.3 Å². The molecule has 2 aliphatic rings. The maximum atomic E-state index is 12.7. The Balaban J connectivity index is 1.42. The van der Waals surface area contributed by atoms with Crippen molar-refractivity contribution in [2.45, 2.75) is 31.2 Å². The van der Waals surface area contributed by atoms with Crippen molar-refractivity contribution in [3.8, 4) is 11.5 Å². The Morgan fingerprint density at radius 3 is 3.04 bits per heavy atom. The van der Waals surface area contributed by atoms with E-state index in [1.165, 1.54) is 28.6 Å². The summed E-state index contributed by atoms with van der Waals surface area (Å²) in [7, 11) is 0. The lowest BCUT2D eigenvalue weighted by atomic mass is 10.1. The molecule has 0 atom stereocenters. The van der Waals surface area contributed by atoms with Crippen LogP contribution in [0.5, 0.6) is 11.5 Å². The molecule has 1 aliphatic heterocycles. The van der Waals surface area contributed by atoms with Crippen molar-refractivity contribution in [2.24, 2.45) is 0 Å². The smallest absolute Gasteiger partial charge is 0.231 e. The molecule has 5 rings (SSSR count). The van der Waals surface area contributed by atoms with Gasteiger partial charge in [-0.1, -0.05) is 11.8 Å². The Bertz CT molecular complexity index is 1040. The highest BCUT2D eigenvalue weighted by atomic mass is 32.2. The highest BCUT2D eigenvalue weighted by molar-refractivity contribution is 8.00. The molecule has 3 heterocycles. The molecule has 1 aliphatic carbocycles. The largest absolute Gasteiger partial charge is 0.454 e. The van der Waals surface area contributed by atoms with Crippen molar-refractivity contribution in [3.63, 3.8) is 0 Å². The zero-order chi connectivity index (χ0) is 17.7. The fourth-order valence-corrected chi connectivity index (χ4v) is 5.82. The molecule has 0 spiro atoms. The van der Waals surface area contributed by atoms with E-state index in [-0.39, 0.29) is 12.6 Å². The van der Waals surface area contributed by atoms with Gasteiger partial charge in [0.2, 0.25) is 6.79 Å². The van der Waals surface area contributed by atoms with E-state index in [9.17, 15) is 4.79 Å². The van der Waals surface area contributed by atoms with Crippen molar-refractivity contribution >= 4 is 39.1 Å². The summed E-state index contributed by atoms with van der Waals surface area (Å²) < 4.78 is 10.7. The predicted molar refractivity (Wildman–Crippen MR) is 102 cm³/mol. The highest BCUT2D eigenvalue weighted by Gasteiger charge is 2.23. The molecule has 0 amide bonds. The van der Waals surface area contributed by atoms with Crippen LogP contribution < -0.4 is 9.47 Å². The number of thioether (sulfide) groups is 1. The van der Waals surface area contributed by atoms with Crippen LogP contribution in [-0.2, 0) is 12.8 Å². The minimum Gasteiger partial charge on any atom is -0.454 e. The van der Waals surface area contributed by atoms with E-state index >= 15 is 0 Å². The topological polar surface area (TPSA) is 61.3 Å². The number of aromatic nitrogens is 2. The molecular formula is C19H16N2O3S2. The van der Waals surface area contributed by atoms with E-state index < -0.39 is 0 Å². The molecule has 0 unspecified atom stereocenters. The lowest BCUT2D eigenvalue weighted by Gasteiger charge is -2.06. The molecule has 0 saturated carbocycles. The van der Waals surface area contributed by atoms with Gasteiger partial charge in [-0.3, -0.25) is 4.79 Å². The predicted octanol–water partition coefficient (Wildman–Crippen LogP) is 4.19. The van der Waals surface area contributed by atoms with Crippen LogP contribution in [0.2, 0.25) is 0 Å². The second-order valence-corrected chi connectivity index (χ2v) is 8.44. The quantitative estimate of drug-likeness (QED) is 0.382. The molecule has 132 valence electrons. The van der Waals surface area contributed by atoms with Gasteiger partial charge in [0, 0.05) is 15.8 Å². The van der Waals surface area contributed by atoms with Gasteiger partial charge in [0.25, 0.3) is 0 Å². The first-order valence-corrected chi connectivity index (χ1v) is 10.3. The van der Waals surface area contributed by atoms with Crippen molar-refractivity contribution < 1.29 is 14.3 Å². The number of carbonyl (C=O) groups excluding carboxylic acids is 1. The Labute approximate surface area is 158 Å². The van der Waals surface area contributed by atoms with Gasteiger partial charge in [0.05, 0.1) is 5.75 Å². The van der Waals surface area contributed by atoms with Gasteiger partial charge in [0.15, 0.2) is 17.3 Å². The molecule has 0 radical (unpaired) electrons. The average Bonchev–Trinajstić information content (AvgIpc) is 3.33. The Kier molecular flexibility index (Phi) is 3.86. The second kappa shape index (κ2) is 6.25. The highest BCUT2D eigenvalue weighted by Crippen LogP contribution is 2.40. The minimum atomic E-state index is 0.0598. The molecule has 7 heteroatoms. The number of rotatable bonds is 4. The fourth-order valence-electron chi connectivity index (χ4n) is 3.46. The van der Waals surface area contributed by atoms with Crippen LogP contribution in [0.15, 0.2) is 23.2 Å². The van der Waals surface area contributed by atoms with Crippen LogP contribution in [0.1, 0.15) is 33.0 Å². The molecule has 26 heavy (non-hydrogen) atoms. The van der Waals surface area contributed by atoms with Crippen LogP contribution >= 0.6 is 23.1 Å². The molecule has 5 nitrogen and oxygen atoms in total. The van der Waals surface area contributed by atoms with E-state index in [4.69, 9.17) is 9.47 Å². The van der Waals surface area contributed by atoms with E-state index in [1.807, 2.05) is 6.92 Å². The van der Waals surface area contributed by atoms with Crippen molar-refractivity contribution in [1.29, 1.82) is 0 Å². The van der Waals surface area contributed by atoms with Crippen molar-refractivity contribution in [2.75, 3.05) is 12.5 Å². The van der Waals surface area contributed by atoms with E-state index in [1.54, 1.807) is 29.5 Å². The number of Topliss-reactive ketones (excluding diaryl/α,β-unsaturated/α-hetero) is 1. The maximum absolute atomic E-state index is 12.7. The summed E-state index contributed by atoms with van der Waals surface area (Å²) >= 11 is 3.28. The molecule has 2 aromatic heterocycles. The third-order valence-electron chi connectivity index (χ3n) is 4.68. The maximum Gasteiger partial charge on any atom is 0.231 e.